The molecule has 0 aliphatic heterocycles. The number of halogens is 3. The first-order valence-corrected chi connectivity index (χ1v) is 7.75. The maximum absolute atomic E-state index is 6.15. The van der Waals surface area contributed by atoms with Gasteiger partial charge in [0, 0.05) is 21.7 Å². The van der Waals surface area contributed by atoms with Crippen LogP contribution in [0.15, 0.2) is 40.9 Å². The second-order valence-electron chi connectivity index (χ2n) is 4.17. The standard InChI is InChI=1S/C15H14BrCl2NO/c1-2-20-15-6-5-12(8-14(15)18)19-9-10-3-4-11(17)7-13(10)16/h3-8,19H,2,9H2,1H3. The normalized spacial score (nSPS) is 10.4. The second-order valence-corrected chi connectivity index (χ2v) is 5.87. The molecule has 2 rings (SSSR count). The van der Waals surface area contributed by atoms with Crippen LogP contribution in [0.3, 0.4) is 0 Å². The van der Waals surface area contributed by atoms with Crippen molar-refractivity contribution in [2.75, 3.05) is 11.9 Å². The Bertz CT molecular complexity index is 604. The fourth-order valence-corrected chi connectivity index (χ4v) is 2.80. The molecular weight excluding hydrogens is 361 g/mol. The third kappa shape index (κ3) is 4.05. The number of benzene rings is 2. The van der Waals surface area contributed by atoms with Crippen molar-refractivity contribution in [2.24, 2.45) is 0 Å². The number of hydrogen-bond acceptors (Lipinski definition) is 2. The van der Waals surface area contributed by atoms with Crippen molar-refractivity contribution < 1.29 is 4.74 Å². The number of ether oxygens (including phenoxy) is 1. The molecule has 0 bridgehead atoms. The minimum atomic E-state index is 0.601. The lowest BCUT2D eigenvalue weighted by atomic mass is 10.2. The highest BCUT2D eigenvalue weighted by Crippen LogP contribution is 2.28. The summed E-state index contributed by atoms with van der Waals surface area (Å²) < 4.78 is 6.39. The van der Waals surface area contributed by atoms with E-state index in [0.717, 1.165) is 15.7 Å². The van der Waals surface area contributed by atoms with Gasteiger partial charge in [-0.2, -0.15) is 0 Å². The van der Waals surface area contributed by atoms with Crippen LogP contribution < -0.4 is 10.1 Å². The second kappa shape index (κ2) is 7.21. The van der Waals surface area contributed by atoms with Gasteiger partial charge in [0.05, 0.1) is 11.6 Å². The SMILES string of the molecule is CCOc1ccc(NCc2ccc(Cl)cc2Br)cc1Cl. The van der Waals surface area contributed by atoms with Crippen LogP contribution in [0.2, 0.25) is 10.0 Å². The lowest BCUT2D eigenvalue weighted by molar-refractivity contribution is 0.340. The van der Waals surface area contributed by atoms with Crippen LogP contribution in [-0.4, -0.2) is 6.61 Å². The zero-order chi connectivity index (χ0) is 14.5. The minimum absolute atomic E-state index is 0.601. The van der Waals surface area contributed by atoms with Crippen LogP contribution in [0.4, 0.5) is 5.69 Å². The fourth-order valence-electron chi connectivity index (χ4n) is 1.75. The molecule has 2 aromatic carbocycles. The van der Waals surface area contributed by atoms with Gasteiger partial charge in [0.15, 0.2) is 0 Å². The van der Waals surface area contributed by atoms with Crippen LogP contribution in [0.5, 0.6) is 5.75 Å². The highest BCUT2D eigenvalue weighted by atomic mass is 79.9. The molecular formula is C15H14BrCl2NO. The van der Waals surface area contributed by atoms with Gasteiger partial charge in [-0.15, -0.1) is 0 Å². The van der Waals surface area contributed by atoms with E-state index in [9.17, 15) is 0 Å². The van der Waals surface area contributed by atoms with Crippen LogP contribution in [0, 0.1) is 0 Å². The van der Waals surface area contributed by atoms with E-state index in [1.54, 1.807) is 0 Å². The predicted molar refractivity (Wildman–Crippen MR) is 89.1 cm³/mol. The van der Waals surface area contributed by atoms with Crippen LogP contribution in [-0.2, 0) is 6.54 Å². The summed E-state index contributed by atoms with van der Waals surface area (Å²) in [7, 11) is 0. The van der Waals surface area contributed by atoms with Crippen molar-refractivity contribution in [1.82, 2.24) is 0 Å². The molecule has 0 unspecified atom stereocenters. The number of nitrogens with one attached hydrogen (secondary N) is 1. The van der Waals surface area contributed by atoms with Gasteiger partial charge < -0.3 is 10.1 Å². The average molecular weight is 375 g/mol. The van der Waals surface area contributed by atoms with E-state index in [0.29, 0.717) is 28.9 Å². The van der Waals surface area contributed by atoms with E-state index < -0.39 is 0 Å². The van der Waals surface area contributed by atoms with Crippen LogP contribution >= 0.6 is 39.1 Å². The fraction of sp³-hybridized carbons (Fsp3) is 0.200. The topological polar surface area (TPSA) is 21.3 Å². The maximum atomic E-state index is 6.15. The zero-order valence-corrected chi connectivity index (χ0v) is 14.0. The molecule has 20 heavy (non-hydrogen) atoms. The monoisotopic (exact) mass is 373 g/mol. The summed E-state index contributed by atoms with van der Waals surface area (Å²) in [5.41, 5.74) is 2.07. The maximum Gasteiger partial charge on any atom is 0.138 e. The average Bonchev–Trinajstić information content (AvgIpc) is 2.41. The predicted octanol–water partition coefficient (Wildman–Crippen LogP) is 5.77. The van der Waals surface area contributed by atoms with E-state index in [1.165, 1.54) is 0 Å². The molecule has 0 fully saturated rings. The summed E-state index contributed by atoms with van der Waals surface area (Å²) >= 11 is 15.6. The molecule has 0 atom stereocenters. The Labute approximate surface area is 137 Å². The molecule has 0 amide bonds. The highest BCUT2D eigenvalue weighted by Gasteiger charge is 2.04. The van der Waals surface area contributed by atoms with Gasteiger partial charge >= 0.3 is 0 Å². The van der Waals surface area contributed by atoms with Gasteiger partial charge in [-0.3, -0.25) is 0 Å². The first kappa shape index (κ1) is 15.5. The van der Waals surface area contributed by atoms with Crippen LogP contribution in [0.25, 0.3) is 0 Å². The molecule has 0 heterocycles. The molecule has 0 spiro atoms. The van der Waals surface area contributed by atoms with Gasteiger partial charge in [0.25, 0.3) is 0 Å². The molecule has 5 heteroatoms. The van der Waals surface area contributed by atoms with E-state index in [4.69, 9.17) is 27.9 Å². The lowest BCUT2D eigenvalue weighted by Crippen LogP contribution is -2.00. The minimum Gasteiger partial charge on any atom is -0.492 e. The molecule has 106 valence electrons. The summed E-state index contributed by atoms with van der Waals surface area (Å²) in [5.74, 6) is 0.701. The van der Waals surface area contributed by atoms with Gasteiger partial charge in [-0.1, -0.05) is 45.2 Å². The van der Waals surface area contributed by atoms with Gasteiger partial charge in [0.1, 0.15) is 5.75 Å². The Hall–Kier alpha value is -0.900. The highest BCUT2D eigenvalue weighted by molar-refractivity contribution is 9.10. The molecule has 0 saturated carbocycles. The van der Waals surface area contributed by atoms with Crippen molar-refractivity contribution >= 4 is 44.8 Å². The van der Waals surface area contributed by atoms with E-state index in [2.05, 4.69) is 21.2 Å². The number of rotatable bonds is 5. The third-order valence-electron chi connectivity index (χ3n) is 2.73. The first-order chi connectivity index (χ1) is 9.60. The van der Waals surface area contributed by atoms with Crippen molar-refractivity contribution in [3.05, 3.63) is 56.5 Å². The Balaban J connectivity index is 2.05. The molecule has 0 radical (unpaired) electrons. The van der Waals surface area contributed by atoms with Crippen LogP contribution in [0.1, 0.15) is 12.5 Å². The first-order valence-electron chi connectivity index (χ1n) is 6.20. The Kier molecular flexibility index (Phi) is 5.58. The van der Waals surface area contributed by atoms with E-state index in [-0.39, 0.29) is 0 Å². The van der Waals surface area contributed by atoms with E-state index in [1.807, 2.05) is 43.3 Å². The summed E-state index contributed by atoms with van der Waals surface area (Å²) in [5, 5.41) is 4.63. The molecule has 0 aliphatic carbocycles. The van der Waals surface area contributed by atoms with E-state index >= 15 is 0 Å². The molecule has 1 N–H and O–H groups in total. The summed E-state index contributed by atoms with van der Waals surface area (Å²) in [6.45, 7) is 3.22. The number of anilines is 1. The molecule has 2 nitrogen and oxygen atoms in total. The molecule has 2 aromatic rings. The zero-order valence-electron chi connectivity index (χ0n) is 10.9. The van der Waals surface area contributed by atoms with Gasteiger partial charge in [0.2, 0.25) is 0 Å². The van der Waals surface area contributed by atoms with Crippen molar-refractivity contribution in [3.63, 3.8) is 0 Å². The van der Waals surface area contributed by atoms with Crippen molar-refractivity contribution in [1.29, 1.82) is 0 Å². The smallest absolute Gasteiger partial charge is 0.138 e. The largest absolute Gasteiger partial charge is 0.492 e. The molecule has 0 aliphatic rings. The molecule has 0 aromatic heterocycles. The van der Waals surface area contributed by atoms with Crippen molar-refractivity contribution in [3.8, 4) is 5.75 Å². The summed E-state index contributed by atoms with van der Waals surface area (Å²) in [4.78, 5) is 0. The summed E-state index contributed by atoms with van der Waals surface area (Å²) in [6, 6.07) is 11.4. The Morgan fingerprint density at radius 2 is 1.95 bits per heavy atom. The Morgan fingerprint density at radius 3 is 2.60 bits per heavy atom. The summed E-state index contributed by atoms with van der Waals surface area (Å²) in [6.07, 6.45) is 0. The molecule has 0 saturated heterocycles. The van der Waals surface area contributed by atoms with Gasteiger partial charge in [-0.05, 0) is 42.8 Å². The number of hydrogen-bond donors (Lipinski definition) is 1. The Morgan fingerprint density at radius 1 is 1.15 bits per heavy atom. The third-order valence-corrected chi connectivity index (χ3v) is 4.00. The quantitative estimate of drug-likeness (QED) is 0.717. The van der Waals surface area contributed by atoms with Gasteiger partial charge in [-0.25, -0.2) is 0 Å². The lowest BCUT2D eigenvalue weighted by Gasteiger charge is -2.11. The van der Waals surface area contributed by atoms with Crippen molar-refractivity contribution in [2.45, 2.75) is 13.5 Å².